The van der Waals surface area contributed by atoms with Crippen LogP contribution in [0.5, 0.6) is 0 Å². The minimum absolute atomic E-state index is 0.543. The molecule has 2 aromatic rings. The first-order valence-electron chi connectivity index (χ1n) is 5.94. The van der Waals surface area contributed by atoms with Gasteiger partial charge in [0.15, 0.2) is 0 Å². The third-order valence-electron chi connectivity index (χ3n) is 2.86. The van der Waals surface area contributed by atoms with Crippen molar-refractivity contribution in [3.8, 4) is 0 Å². The molecular formula is C15H17ClN2. The average molecular weight is 261 g/mol. The van der Waals surface area contributed by atoms with Crippen molar-refractivity contribution in [2.75, 3.05) is 11.9 Å². The highest BCUT2D eigenvalue weighted by Crippen LogP contribution is 2.20. The highest BCUT2D eigenvalue weighted by atomic mass is 35.5. The van der Waals surface area contributed by atoms with Gasteiger partial charge >= 0.3 is 0 Å². The van der Waals surface area contributed by atoms with Gasteiger partial charge in [0.25, 0.3) is 0 Å². The van der Waals surface area contributed by atoms with E-state index in [0.29, 0.717) is 5.15 Å². The molecule has 0 unspecified atom stereocenters. The van der Waals surface area contributed by atoms with E-state index in [1.165, 1.54) is 16.8 Å². The number of aryl methyl sites for hydroxylation is 2. The molecule has 2 rings (SSSR count). The molecule has 0 saturated heterocycles. The highest BCUT2D eigenvalue weighted by molar-refractivity contribution is 6.29. The van der Waals surface area contributed by atoms with Crippen molar-refractivity contribution in [1.82, 2.24) is 4.98 Å². The van der Waals surface area contributed by atoms with Gasteiger partial charge in [-0.15, -0.1) is 0 Å². The Balaban J connectivity index is 2.19. The average Bonchev–Trinajstić information content (AvgIpc) is 2.27. The Hall–Kier alpha value is -1.54. The molecule has 3 heteroatoms. The van der Waals surface area contributed by atoms with Crippen molar-refractivity contribution in [2.45, 2.75) is 20.4 Å². The summed E-state index contributed by atoms with van der Waals surface area (Å²) in [6.45, 7) is 5.06. The molecule has 1 heterocycles. The molecule has 0 spiro atoms. The van der Waals surface area contributed by atoms with Gasteiger partial charge in [-0.2, -0.15) is 0 Å². The van der Waals surface area contributed by atoms with E-state index in [1.807, 2.05) is 12.1 Å². The molecule has 0 amide bonds. The molecule has 1 aromatic carbocycles. The number of aromatic nitrogens is 1. The zero-order chi connectivity index (χ0) is 13.1. The van der Waals surface area contributed by atoms with Crippen molar-refractivity contribution in [2.24, 2.45) is 0 Å². The molecule has 0 atom stereocenters. The van der Waals surface area contributed by atoms with Gasteiger partial charge in [0.05, 0.1) is 0 Å². The largest absolute Gasteiger partial charge is 0.370 e. The van der Waals surface area contributed by atoms with Gasteiger partial charge in [0.1, 0.15) is 5.15 Å². The van der Waals surface area contributed by atoms with E-state index >= 15 is 0 Å². The molecule has 94 valence electrons. The lowest BCUT2D eigenvalue weighted by molar-refractivity contribution is 0.917. The van der Waals surface area contributed by atoms with Crippen LogP contribution in [0.3, 0.4) is 0 Å². The summed E-state index contributed by atoms with van der Waals surface area (Å²) < 4.78 is 0. The Bertz CT molecular complexity index is 532. The summed E-state index contributed by atoms with van der Waals surface area (Å²) in [5.74, 6) is 0. The number of halogens is 1. The maximum Gasteiger partial charge on any atom is 0.129 e. The first kappa shape index (κ1) is 12.9. The van der Waals surface area contributed by atoms with Crippen LogP contribution in [0.4, 0.5) is 5.69 Å². The molecule has 1 aromatic heterocycles. The van der Waals surface area contributed by atoms with E-state index in [9.17, 15) is 0 Å². The Morgan fingerprint density at radius 3 is 2.39 bits per heavy atom. The Kier molecular flexibility index (Phi) is 3.87. The molecule has 0 bridgehead atoms. The minimum atomic E-state index is 0.543. The Morgan fingerprint density at radius 1 is 1.11 bits per heavy atom. The minimum Gasteiger partial charge on any atom is -0.370 e. The Morgan fingerprint density at radius 2 is 1.78 bits per heavy atom. The van der Waals surface area contributed by atoms with Gasteiger partial charge in [-0.05, 0) is 54.8 Å². The lowest BCUT2D eigenvalue weighted by atomic mass is 10.1. The predicted molar refractivity (Wildman–Crippen MR) is 77.3 cm³/mol. The number of pyridine rings is 1. The fraction of sp³-hybridized carbons (Fsp3) is 0.267. The quantitative estimate of drug-likeness (QED) is 0.776. The summed E-state index contributed by atoms with van der Waals surface area (Å²) >= 11 is 5.90. The third-order valence-corrected chi connectivity index (χ3v) is 3.06. The molecule has 2 nitrogen and oxygen atoms in total. The van der Waals surface area contributed by atoms with Crippen LogP contribution in [0.15, 0.2) is 36.5 Å². The number of hydrogen-bond acceptors (Lipinski definition) is 2. The topological polar surface area (TPSA) is 16.1 Å². The van der Waals surface area contributed by atoms with Crippen molar-refractivity contribution in [3.63, 3.8) is 0 Å². The van der Waals surface area contributed by atoms with E-state index in [4.69, 9.17) is 11.6 Å². The molecule has 0 N–H and O–H groups in total. The van der Waals surface area contributed by atoms with Gasteiger partial charge in [-0.1, -0.05) is 17.7 Å². The predicted octanol–water partition coefficient (Wildman–Crippen LogP) is 3.99. The maximum absolute atomic E-state index is 5.90. The molecule has 0 aliphatic heterocycles. The fourth-order valence-electron chi connectivity index (χ4n) is 2.08. The highest BCUT2D eigenvalue weighted by Gasteiger charge is 2.04. The first-order chi connectivity index (χ1) is 8.54. The monoisotopic (exact) mass is 260 g/mol. The smallest absolute Gasteiger partial charge is 0.129 e. The van der Waals surface area contributed by atoms with Crippen LogP contribution in [0.1, 0.15) is 16.7 Å². The molecule has 0 aliphatic carbocycles. The Labute approximate surface area is 113 Å². The lowest BCUT2D eigenvalue weighted by Crippen LogP contribution is -2.16. The standard InChI is InChI=1S/C15H17ClN2/c1-11-6-12(2)8-14(7-11)18(3)10-13-4-5-17-15(16)9-13/h4-9H,10H2,1-3H3. The van der Waals surface area contributed by atoms with Crippen LogP contribution in [0.25, 0.3) is 0 Å². The van der Waals surface area contributed by atoms with E-state index in [-0.39, 0.29) is 0 Å². The van der Waals surface area contributed by atoms with Gasteiger partial charge in [0.2, 0.25) is 0 Å². The summed E-state index contributed by atoms with van der Waals surface area (Å²) in [7, 11) is 2.09. The number of nitrogens with zero attached hydrogens (tertiary/aromatic N) is 2. The van der Waals surface area contributed by atoms with Crippen LogP contribution in [0, 0.1) is 13.8 Å². The normalized spacial score (nSPS) is 10.4. The number of hydrogen-bond donors (Lipinski definition) is 0. The SMILES string of the molecule is Cc1cc(C)cc(N(C)Cc2ccnc(Cl)c2)c1. The summed E-state index contributed by atoms with van der Waals surface area (Å²) in [5, 5.41) is 0.543. The molecule has 18 heavy (non-hydrogen) atoms. The number of anilines is 1. The van der Waals surface area contributed by atoms with E-state index in [1.54, 1.807) is 6.20 Å². The van der Waals surface area contributed by atoms with Gasteiger partial charge < -0.3 is 4.90 Å². The second-order valence-electron chi connectivity index (χ2n) is 4.69. The lowest BCUT2D eigenvalue weighted by Gasteiger charge is -2.20. The zero-order valence-corrected chi connectivity index (χ0v) is 11.7. The second-order valence-corrected chi connectivity index (χ2v) is 5.08. The molecule has 0 radical (unpaired) electrons. The summed E-state index contributed by atoms with van der Waals surface area (Å²) in [5.41, 5.74) is 4.95. The van der Waals surface area contributed by atoms with Crippen LogP contribution in [-0.4, -0.2) is 12.0 Å². The van der Waals surface area contributed by atoms with Crippen LogP contribution in [-0.2, 0) is 6.54 Å². The number of benzene rings is 1. The van der Waals surface area contributed by atoms with Gasteiger partial charge in [-0.3, -0.25) is 0 Å². The van der Waals surface area contributed by atoms with Crippen LogP contribution >= 0.6 is 11.6 Å². The molecule has 0 aliphatic rings. The maximum atomic E-state index is 5.90. The van der Waals surface area contributed by atoms with E-state index < -0.39 is 0 Å². The summed E-state index contributed by atoms with van der Waals surface area (Å²) in [6, 6.07) is 10.5. The van der Waals surface area contributed by atoms with Crippen LogP contribution in [0.2, 0.25) is 5.15 Å². The summed E-state index contributed by atoms with van der Waals surface area (Å²) in [4.78, 5) is 6.21. The first-order valence-corrected chi connectivity index (χ1v) is 6.32. The molecular weight excluding hydrogens is 244 g/mol. The van der Waals surface area contributed by atoms with Crippen molar-refractivity contribution < 1.29 is 0 Å². The molecule has 0 saturated carbocycles. The zero-order valence-electron chi connectivity index (χ0n) is 10.9. The van der Waals surface area contributed by atoms with Gasteiger partial charge in [0, 0.05) is 25.5 Å². The van der Waals surface area contributed by atoms with E-state index in [0.717, 1.165) is 12.1 Å². The van der Waals surface area contributed by atoms with Crippen LogP contribution < -0.4 is 4.90 Å². The fourth-order valence-corrected chi connectivity index (χ4v) is 2.27. The van der Waals surface area contributed by atoms with Crippen molar-refractivity contribution in [3.05, 3.63) is 58.4 Å². The molecule has 0 fully saturated rings. The second kappa shape index (κ2) is 5.40. The number of rotatable bonds is 3. The summed E-state index contributed by atoms with van der Waals surface area (Å²) in [6.07, 6.45) is 1.74. The van der Waals surface area contributed by atoms with Crippen molar-refractivity contribution in [1.29, 1.82) is 0 Å². The van der Waals surface area contributed by atoms with Gasteiger partial charge in [-0.25, -0.2) is 4.98 Å². The van der Waals surface area contributed by atoms with Crippen molar-refractivity contribution >= 4 is 17.3 Å². The third kappa shape index (κ3) is 3.23. The van der Waals surface area contributed by atoms with E-state index in [2.05, 4.69) is 49.0 Å².